The second-order valence-corrected chi connectivity index (χ2v) is 7.07. The Morgan fingerprint density at radius 3 is 2.78 bits per heavy atom. The zero-order valence-electron chi connectivity index (χ0n) is 10.9. The predicted octanol–water partition coefficient (Wildman–Crippen LogP) is 3.34. The van der Waals surface area contributed by atoms with Crippen molar-refractivity contribution in [2.24, 2.45) is 0 Å². The van der Waals surface area contributed by atoms with Crippen LogP contribution in [0.4, 0.5) is 0 Å². The van der Waals surface area contributed by atoms with Crippen molar-refractivity contribution in [3.05, 3.63) is 29.8 Å². The molecular formula is C14H18BrNOS. The third-order valence-electron chi connectivity index (χ3n) is 3.49. The summed E-state index contributed by atoms with van der Waals surface area (Å²) in [6, 6.07) is 8.29. The van der Waals surface area contributed by atoms with Gasteiger partial charge in [0.25, 0.3) is 0 Å². The number of nitrogens with zero attached hydrogens (tertiary/aromatic N) is 1. The number of amides is 1. The van der Waals surface area contributed by atoms with Gasteiger partial charge in [0.05, 0.1) is 5.25 Å². The van der Waals surface area contributed by atoms with Crippen LogP contribution in [0.25, 0.3) is 0 Å². The van der Waals surface area contributed by atoms with Crippen molar-refractivity contribution in [1.29, 1.82) is 0 Å². The summed E-state index contributed by atoms with van der Waals surface area (Å²) in [6.07, 6.45) is 0.850. The molecule has 1 amide bonds. The van der Waals surface area contributed by atoms with Crippen molar-refractivity contribution in [3.8, 4) is 0 Å². The molecule has 18 heavy (non-hydrogen) atoms. The van der Waals surface area contributed by atoms with Gasteiger partial charge in [0.15, 0.2) is 0 Å². The normalized spacial score (nSPS) is 18.6. The number of thioether (sulfide) groups is 1. The summed E-state index contributed by atoms with van der Waals surface area (Å²) in [5.74, 6) is 0.223. The van der Waals surface area contributed by atoms with Crippen LogP contribution in [-0.4, -0.2) is 34.0 Å². The van der Waals surface area contributed by atoms with Gasteiger partial charge >= 0.3 is 0 Å². The average Bonchev–Trinajstić information content (AvgIpc) is 2.80. The van der Waals surface area contributed by atoms with E-state index in [4.69, 9.17) is 0 Å². The SMILES string of the molecule is CN(C(=O)C1Cc2ccccc2S1)C(C)(C)CBr. The van der Waals surface area contributed by atoms with Crippen LogP contribution in [0.3, 0.4) is 0 Å². The van der Waals surface area contributed by atoms with Gasteiger partial charge < -0.3 is 4.90 Å². The van der Waals surface area contributed by atoms with Crippen LogP contribution in [0.5, 0.6) is 0 Å². The van der Waals surface area contributed by atoms with Gasteiger partial charge in [-0.1, -0.05) is 34.1 Å². The summed E-state index contributed by atoms with van der Waals surface area (Å²) in [6.45, 7) is 4.15. The molecule has 0 bridgehead atoms. The van der Waals surface area contributed by atoms with Gasteiger partial charge in [-0.05, 0) is 31.9 Å². The van der Waals surface area contributed by atoms with E-state index in [0.717, 1.165) is 11.8 Å². The number of carbonyl (C=O) groups excluding carboxylic acids is 1. The lowest BCUT2D eigenvalue weighted by Gasteiger charge is -2.35. The van der Waals surface area contributed by atoms with E-state index in [-0.39, 0.29) is 16.7 Å². The standard InChI is InChI=1S/C14H18BrNOS/c1-14(2,9-15)16(3)13(17)12-8-10-6-4-5-7-11(10)18-12/h4-7,12H,8-9H2,1-3H3. The van der Waals surface area contributed by atoms with Crippen LogP contribution < -0.4 is 0 Å². The van der Waals surface area contributed by atoms with Gasteiger partial charge in [-0.3, -0.25) is 4.79 Å². The Bertz CT molecular complexity index is 436. The van der Waals surface area contributed by atoms with E-state index < -0.39 is 0 Å². The maximum absolute atomic E-state index is 12.5. The molecular weight excluding hydrogens is 310 g/mol. The third-order valence-corrected chi connectivity index (χ3v) is 6.17. The quantitative estimate of drug-likeness (QED) is 0.793. The van der Waals surface area contributed by atoms with Gasteiger partial charge in [-0.25, -0.2) is 0 Å². The molecule has 2 nitrogen and oxygen atoms in total. The lowest BCUT2D eigenvalue weighted by molar-refractivity contribution is -0.133. The molecule has 0 saturated carbocycles. The highest BCUT2D eigenvalue weighted by Crippen LogP contribution is 2.38. The lowest BCUT2D eigenvalue weighted by Crippen LogP contribution is -2.49. The van der Waals surface area contributed by atoms with Gasteiger partial charge in [0, 0.05) is 22.8 Å². The van der Waals surface area contributed by atoms with E-state index in [1.807, 2.05) is 24.1 Å². The minimum absolute atomic E-state index is 0.0331. The van der Waals surface area contributed by atoms with Crippen molar-refractivity contribution >= 4 is 33.6 Å². The second kappa shape index (κ2) is 5.25. The van der Waals surface area contributed by atoms with Crippen LogP contribution >= 0.6 is 27.7 Å². The fourth-order valence-electron chi connectivity index (χ4n) is 1.92. The number of fused-ring (bicyclic) bond motifs is 1. The first-order chi connectivity index (χ1) is 8.45. The van der Waals surface area contributed by atoms with Crippen molar-refractivity contribution in [2.45, 2.75) is 36.0 Å². The molecule has 0 aromatic heterocycles. The Morgan fingerprint density at radius 2 is 2.17 bits per heavy atom. The Hall–Kier alpha value is -0.480. The molecule has 1 aromatic rings. The predicted molar refractivity (Wildman–Crippen MR) is 80.4 cm³/mol. The largest absolute Gasteiger partial charge is 0.339 e. The van der Waals surface area contributed by atoms with Crippen molar-refractivity contribution in [3.63, 3.8) is 0 Å². The number of carbonyl (C=O) groups is 1. The maximum Gasteiger partial charge on any atom is 0.236 e. The highest BCUT2D eigenvalue weighted by atomic mass is 79.9. The summed E-state index contributed by atoms with van der Waals surface area (Å²) >= 11 is 5.17. The average molecular weight is 328 g/mol. The summed E-state index contributed by atoms with van der Waals surface area (Å²) in [7, 11) is 1.90. The zero-order valence-corrected chi connectivity index (χ0v) is 13.3. The van der Waals surface area contributed by atoms with E-state index in [1.54, 1.807) is 11.8 Å². The zero-order chi connectivity index (χ0) is 13.3. The molecule has 1 aliphatic heterocycles. The van der Waals surface area contributed by atoms with Crippen molar-refractivity contribution in [2.75, 3.05) is 12.4 Å². The molecule has 0 aliphatic carbocycles. The van der Waals surface area contributed by atoms with Crippen LogP contribution in [-0.2, 0) is 11.2 Å². The highest BCUT2D eigenvalue weighted by molar-refractivity contribution is 9.09. The van der Waals surface area contributed by atoms with Crippen LogP contribution in [0.1, 0.15) is 19.4 Å². The van der Waals surface area contributed by atoms with E-state index in [9.17, 15) is 4.79 Å². The smallest absolute Gasteiger partial charge is 0.236 e. The van der Waals surface area contributed by atoms with Crippen LogP contribution in [0.15, 0.2) is 29.2 Å². The molecule has 1 aromatic carbocycles. The monoisotopic (exact) mass is 327 g/mol. The summed E-state index contributed by atoms with van der Waals surface area (Å²) in [4.78, 5) is 15.6. The maximum atomic E-state index is 12.5. The van der Waals surface area contributed by atoms with Gasteiger partial charge in [-0.2, -0.15) is 0 Å². The fraction of sp³-hybridized carbons (Fsp3) is 0.500. The number of hydrogen-bond acceptors (Lipinski definition) is 2. The molecule has 2 rings (SSSR count). The molecule has 1 unspecified atom stereocenters. The molecule has 4 heteroatoms. The first-order valence-corrected chi connectivity index (χ1v) is 8.04. The minimum atomic E-state index is -0.146. The van der Waals surface area contributed by atoms with E-state index in [0.29, 0.717) is 0 Å². The fourth-order valence-corrected chi connectivity index (χ4v) is 3.59. The molecule has 0 N–H and O–H groups in total. The molecule has 0 saturated heterocycles. The summed E-state index contributed by atoms with van der Waals surface area (Å²) in [5, 5.41) is 0.817. The molecule has 98 valence electrons. The van der Waals surface area contributed by atoms with E-state index >= 15 is 0 Å². The topological polar surface area (TPSA) is 20.3 Å². The highest BCUT2D eigenvalue weighted by Gasteiger charge is 2.35. The van der Waals surface area contributed by atoms with E-state index in [1.165, 1.54) is 10.5 Å². The number of hydrogen-bond donors (Lipinski definition) is 0. The van der Waals surface area contributed by atoms with Crippen molar-refractivity contribution < 1.29 is 4.79 Å². The molecule has 1 aliphatic rings. The number of alkyl halides is 1. The number of halogens is 1. The molecule has 0 fully saturated rings. The van der Waals surface area contributed by atoms with Crippen molar-refractivity contribution in [1.82, 2.24) is 4.90 Å². The minimum Gasteiger partial charge on any atom is -0.339 e. The number of rotatable bonds is 3. The number of benzene rings is 1. The Morgan fingerprint density at radius 1 is 1.50 bits per heavy atom. The first-order valence-electron chi connectivity index (χ1n) is 6.04. The van der Waals surface area contributed by atoms with Gasteiger partial charge in [-0.15, -0.1) is 11.8 Å². The first kappa shape index (κ1) is 13.9. The molecule has 0 spiro atoms. The lowest BCUT2D eigenvalue weighted by atomic mass is 10.0. The van der Waals surface area contributed by atoms with Crippen LogP contribution in [0.2, 0.25) is 0 Å². The Kier molecular flexibility index (Phi) is 4.07. The summed E-state index contributed by atoms with van der Waals surface area (Å²) in [5.41, 5.74) is 1.15. The Labute approximate surface area is 121 Å². The molecule has 1 atom stereocenters. The third kappa shape index (κ3) is 2.59. The van der Waals surface area contributed by atoms with E-state index in [2.05, 4.69) is 41.9 Å². The molecule has 1 heterocycles. The van der Waals surface area contributed by atoms with Gasteiger partial charge in [0.2, 0.25) is 5.91 Å². The van der Waals surface area contributed by atoms with Gasteiger partial charge in [0.1, 0.15) is 0 Å². The summed E-state index contributed by atoms with van der Waals surface area (Å²) < 4.78 is 0. The molecule has 0 radical (unpaired) electrons. The Balaban J connectivity index is 2.10. The second-order valence-electron chi connectivity index (χ2n) is 5.26. The van der Waals surface area contributed by atoms with Crippen LogP contribution in [0, 0.1) is 0 Å².